The van der Waals surface area contributed by atoms with Crippen molar-refractivity contribution in [2.45, 2.75) is 31.2 Å². The number of phenols is 1. The molecule has 5 aromatic rings. The van der Waals surface area contributed by atoms with Gasteiger partial charge in [0.1, 0.15) is 23.5 Å². The summed E-state index contributed by atoms with van der Waals surface area (Å²) < 4.78 is 30.5. The maximum absolute atomic E-state index is 13.0. The number of aromatic hydroxyl groups is 1. The van der Waals surface area contributed by atoms with Crippen LogP contribution in [0.1, 0.15) is 20.8 Å². The lowest BCUT2D eigenvalue weighted by atomic mass is 10.1. The molecule has 2 heterocycles. The fourth-order valence-corrected chi connectivity index (χ4v) is 5.25. The second kappa shape index (κ2) is 7.99. The van der Waals surface area contributed by atoms with Crippen molar-refractivity contribution in [3.63, 3.8) is 0 Å². The first-order chi connectivity index (χ1) is 16.5. The van der Waals surface area contributed by atoms with Crippen LogP contribution in [-0.4, -0.2) is 28.1 Å². The van der Waals surface area contributed by atoms with E-state index in [1.165, 1.54) is 18.5 Å². The second-order valence-corrected chi connectivity index (χ2v) is 11.1. The lowest BCUT2D eigenvalue weighted by Gasteiger charge is -2.21. The van der Waals surface area contributed by atoms with Crippen LogP contribution in [0.2, 0.25) is 0 Å². The first kappa shape index (κ1) is 22.7. The van der Waals surface area contributed by atoms with Crippen molar-refractivity contribution in [1.82, 2.24) is 14.5 Å². The average molecular weight is 488 g/mol. The molecule has 0 saturated heterocycles. The number of hydrogen-bond donors (Lipinski definition) is 3. The monoisotopic (exact) mass is 487 g/mol. The van der Waals surface area contributed by atoms with Crippen LogP contribution in [-0.2, 0) is 15.6 Å². The van der Waals surface area contributed by atoms with Gasteiger partial charge in [-0.25, -0.2) is 18.4 Å². The van der Waals surface area contributed by atoms with Gasteiger partial charge in [0.05, 0.1) is 16.0 Å². The van der Waals surface area contributed by atoms with Crippen LogP contribution in [0, 0.1) is 0 Å². The number of nitrogen functional groups attached to an aromatic ring is 1. The molecule has 0 atom stereocenters. The molecule has 0 saturated carbocycles. The first-order valence-corrected chi connectivity index (χ1v) is 12.5. The summed E-state index contributed by atoms with van der Waals surface area (Å²) in [5.41, 5.74) is 8.08. The van der Waals surface area contributed by atoms with Crippen molar-refractivity contribution in [3.05, 3.63) is 73.2 Å². The van der Waals surface area contributed by atoms with Gasteiger partial charge in [-0.15, -0.1) is 0 Å². The molecule has 3 aromatic carbocycles. The zero-order valence-electron chi connectivity index (χ0n) is 19.5. The zero-order valence-corrected chi connectivity index (χ0v) is 20.3. The van der Waals surface area contributed by atoms with Gasteiger partial charge >= 0.3 is 0 Å². The van der Waals surface area contributed by atoms with E-state index in [-0.39, 0.29) is 21.9 Å². The number of nitrogens with two attached hydrogens (primary N) is 1. The summed E-state index contributed by atoms with van der Waals surface area (Å²) in [6.07, 6.45) is 3.34. The van der Waals surface area contributed by atoms with E-state index in [0.717, 1.165) is 16.3 Å². The number of fused-ring (bicyclic) bond motifs is 2. The van der Waals surface area contributed by atoms with E-state index in [0.29, 0.717) is 22.4 Å². The summed E-state index contributed by atoms with van der Waals surface area (Å²) in [7, 11) is -3.92. The summed E-state index contributed by atoms with van der Waals surface area (Å²) >= 11 is 0. The minimum atomic E-state index is -3.92. The molecule has 2 aromatic heterocycles. The topological polar surface area (TPSA) is 123 Å². The van der Waals surface area contributed by atoms with Crippen LogP contribution in [0.4, 0.5) is 11.5 Å². The highest BCUT2D eigenvalue weighted by atomic mass is 32.2. The van der Waals surface area contributed by atoms with E-state index >= 15 is 0 Å². The van der Waals surface area contributed by atoms with Crippen LogP contribution in [0.25, 0.3) is 32.9 Å². The molecular weight excluding hydrogens is 462 g/mol. The average Bonchev–Trinajstić information content (AvgIpc) is 3.22. The predicted octanol–water partition coefficient (Wildman–Crippen LogP) is 5.10. The maximum Gasteiger partial charge on any atom is 0.262 e. The Morgan fingerprint density at radius 1 is 0.971 bits per heavy atom. The molecule has 5 rings (SSSR count). The molecule has 178 valence electrons. The highest BCUT2D eigenvalue weighted by Crippen LogP contribution is 2.38. The Morgan fingerprint density at radius 3 is 2.43 bits per heavy atom. The number of phenolic OH excluding ortho intramolecular Hbond substituents is 1. The van der Waals surface area contributed by atoms with Crippen molar-refractivity contribution in [2.75, 3.05) is 10.5 Å². The Hall–Kier alpha value is -4.11. The Morgan fingerprint density at radius 2 is 1.71 bits per heavy atom. The van der Waals surface area contributed by atoms with Crippen LogP contribution < -0.4 is 10.5 Å². The number of hydrogen-bond acceptors (Lipinski definition) is 6. The summed E-state index contributed by atoms with van der Waals surface area (Å²) in [6.45, 7) is 6.16. The molecule has 0 fully saturated rings. The van der Waals surface area contributed by atoms with Gasteiger partial charge in [0.15, 0.2) is 0 Å². The van der Waals surface area contributed by atoms with Crippen molar-refractivity contribution >= 4 is 43.3 Å². The molecule has 0 aliphatic rings. The highest BCUT2D eigenvalue weighted by Gasteiger charge is 2.23. The van der Waals surface area contributed by atoms with Gasteiger partial charge in [-0.3, -0.25) is 4.72 Å². The Kier molecular flexibility index (Phi) is 5.17. The van der Waals surface area contributed by atoms with Crippen LogP contribution in [0.3, 0.4) is 0 Å². The minimum Gasteiger partial charge on any atom is -0.506 e. The number of aromatic nitrogens is 3. The largest absolute Gasteiger partial charge is 0.506 e. The maximum atomic E-state index is 13.0. The first-order valence-electron chi connectivity index (χ1n) is 11.0. The molecule has 0 aliphatic carbocycles. The SMILES string of the molecule is CC(C)(C)n1cc(-c2ccc(NS(=O)(=O)c3ccc4ccccc4c3)c(O)c2)c2c(N)ncnc21. The summed E-state index contributed by atoms with van der Waals surface area (Å²) in [4.78, 5) is 8.66. The lowest BCUT2D eigenvalue weighted by Crippen LogP contribution is -2.21. The lowest BCUT2D eigenvalue weighted by molar-refractivity contribution is 0.408. The van der Waals surface area contributed by atoms with Gasteiger partial charge in [-0.2, -0.15) is 0 Å². The molecule has 35 heavy (non-hydrogen) atoms. The molecule has 0 aliphatic heterocycles. The quantitative estimate of drug-likeness (QED) is 0.303. The van der Waals surface area contributed by atoms with E-state index < -0.39 is 10.0 Å². The van der Waals surface area contributed by atoms with Gasteiger partial charge in [0.25, 0.3) is 10.0 Å². The summed E-state index contributed by atoms with van der Waals surface area (Å²) in [5, 5.41) is 13.2. The van der Waals surface area contributed by atoms with Crippen LogP contribution in [0.15, 0.2) is 78.1 Å². The van der Waals surface area contributed by atoms with Crippen LogP contribution in [0.5, 0.6) is 5.75 Å². The van der Waals surface area contributed by atoms with Crippen LogP contribution >= 0.6 is 0 Å². The Bertz CT molecular complexity index is 1700. The smallest absolute Gasteiger partial charge is 0.262 e. The Labute approximate surface area is 203 Å². The van der Waals surface area contributed by atoms with Crippen molar-refractivity contribution in [2.24, 2.45) is 0 Å². The van der Waals surface area contributed by atoms with Crippen molar-refractivity contribution < 1.29 is 13.5 Å². The molecule has 0 amide bonds. The normalized spacial score (nSPS) is 12.3. The Balaban J connectivity index is 1.53. The number of benzene rings is 3. The molecule has 4 N–H and O–H groups in total. The number of sulfonamides is 1. The molecule has 9 heteroatoms. The number of nitrogens with zero attached hydrogens (tertiary/aromatic N) is 3. The van der Waals surface area contributed by atoms with E-state index in [9.17, 15) is 13.5 Å². The van der Waals surface area contributed by atoms with Gasteiger partial charge in [0.2, 0.25) is 0 Å². The number of anilines is 2. The van der Waals surface area contributed by atoms with Crippen molar-refractivity contribution in [1.29, 1.82) is 0 Å². The fourth-order valence-electron chi connectivity index (χ4n) is 4.14. The molecular formula is C26H25N5O3S. The second-order valence-electron chi connectivity index (χ2n) is 9.39. The van der Waals surface area contributed by atoms with Gasteiger partial charge in [0, 0.05) is 17.3 Å². The minimum absolute atomic E-state index is 0.0747. The van der Waals surface area contributed by atoms with Gasteiger partial charge < -0.3 is 15.4 Å². The van der Waals surface area contributed by atoms with E-state index in [1.54, 1.807) is 24.3 Å². The fraction of sp³-hybridized carbons (Fsp3) is 0.154. The third kappa shape index (κ3) is 4.04. The molecule has 0 unspecified atom stereocenters. The molecule has 0 radical (unpaired) electrons. The molecule has 0 spiro atoms. The predicted molar refractivity (Wildman–Crippen MR) is 139 cm³/mol. The third-order valence-electron chi connectivity index (χ3n) is 5.92. The van der Waals surface area contributed by atoms with E-state index in [1.807, 2.05) is 35.0 Å². The van der Waals surface area contributed by atoms with E-state index in [4.69, 9.17) is 5.73 Å². The summed E-state index contributed by atoms with van der Waals surface area (Å²) in [6, 6.07) is 17.2. The summed E-state index contributed by atoms with van der Waals surface area (Å²) in [5.74, 6) is 0.118. The molecule has 0 bridgehead atoms. The zero-order chi connectivity index (χ0) is 25.0. The number of rotatable bonds is 4. The standard InChI is InChI=1S/C26H25N5O3S/c1-26(2,3)31-14-20(23-24(27)28-15-29-25(23)31)18-9-11-21(22(32)13-18)30-35(33,34)19-10-8-16-6-4-5-7-17(16)12-19/h4-15,30,32H,1-3H3,(H2,27,28,29). The van der Waals surface area contributed by atoms with Crippen molar-refractivity contribution in [3.8, 4) is 16.9 Å². The molecule has 8 nitrogen and oxygen atoms in total. The third-order valence-corrected chi connectivity index (χ3v) is 7.28. The highest BCUT2D eigenvalue weighted by molar-refractivity contribution is 7.92. The van der Waals surface area contributed by atoms with E-state index in [2.05, 4.69) is 35.5 Å². The van der Waals surface area contributed by atoms with Gasteiger partial charge in [-0.1, -0.05) is 36.4 Å². The van der Waals surface area contributed by atoms with Gasteiger partial charge in [-0.05, 0) is 61.4 Å². The number of nitrogens with one attached hydrogen (secondary N) is 1.